The molecule has 0 radical (unpaired) electrons. The van der Waals surface area contributed by atoms with Crippen LogP contribution in [0.3, 0.4) is 0 Å². The average molecular weight is 738 g/mol. The van der Waals surface area contributed by atoms with E-state index in [1.54, 1.807) is 5.57 Å². The van der Waals surface area contributed by atoms with Crippen LogP contribution in [0.25, 0.3) is 87.7 Å². The van der Waals surface area contributed by atoms with E-state index in [1.807, 2.05) is 0 Å². The van der Waals surface area contributed by atoms with Crippen molar-refractivity contribution >= 4 is 70.8 Å². The van der Waals surface area contributed by atoms with Gasteiger partial charge < -0.3 is 4.57 Å². The van der Waals surface area contributed by atoms with Crippen LogP contribution in [-0.2, 0) is 0 Å². The molecule has 0 N–H and O–H groups in total. The molecule has 2 atom stereocenters. The van der Waals surface area contributed by atoms with Crippen LogP contribution in [0.1, 0.15) is 66.3 Å². The number of aromatic nitrogens is 1. The summed E-state index contributed by atoms with van der Waals surface area (Å²) in [5, 5.41) is 10.6. The lowest BCUT2D eigenvalue weighted by Crippen LogP contribution is -2.13. The fraction of sp³-hybridized carbons (Fsp3) is 0.123. The van der Waals surface area contributed by atoms with Crippen LogP contribution in [0.4, 0.5) is 0 Å². The van der Waals surface area contributed by atoms with Gasteiger partial charge >= 0.3 is 0 Å². The minimum absolute atomic E-state index is 0.216. The maximum Gasteiger partial charge on any atom is 0.0629 e. The molecule has 272 valence electrons. The predicted molar refractivity (Wildman–Crippen MR) is 246 cm³/mol. The second kappa shape index (κ2) is 11.0. The molecule has 0 bridgehead atoms. The molecule has 0 spiro atoms. The Bertz CT molecular complexity index is 3530. The van der Waals surface area contributed by atoms with Gasteiger partial charge in [0.15, 0.2) is 0 Å². The quantitative estimate of drug-likeness (QED) is 0.158. The summed E-state index contributed by atoms with van der Waals surface area (Å²) in [4.78, 5) is 0. The molecule has 0 saturated carbocycles. The Balaban J connectivity index is 1.16. The molecule has 0 saturated heterocycles. The van der Waals surface area contributed by atoms with Crippen molar-refractivity contribution < 1.29 is 0 Å². The number of fused-ring (bicyclic) bond motifs is 16. The Kier molecular flexibility index (Phi) is 5.97. The summed E-state index contributed by atoms with van der Waals surface area (Å²) in [5.74, 6) is 0.558. The molecule has 14 rings (SSSR count). The van der Waals surface area contributed by atoms with E-state index in [9.17, 15) is 0 Å². The molecule has 0 aliphatic heterocycles. The van der Waals surface area contributed by atoms with Gasteiger partial charge in [0, 0.05) is 38.9 Å². The second-order valence-corrected chi connectivity index (χ2v) is 17.3. The zero-order chi connectivity index (χ0) is 38.0. The highest BCUT2D eigenvalue weighted by Gasteiger charge is 2.40. The van der Waals surface area contributed by atoms with E-state index in [-0.39, 0.29) is 5.92 Å². The van der Waals surface area contributed by atoms with Crippen LogP contribution >= 0.6 is 0 Å². The van der Waals surface area contributed by atoms with Gasteiger partial charge in [-0.1, -0.05) is 152 Å². The Morgan fingerprint density at radius 3 is 2.33 bits per heavy atom. The van der Waals surface area contributed by atoms with Gasteiger partial charge in [0.05, 0.1) is 16.7 Å². The lowest BCUT2D eigenvalue weighted by atomic mass is 9.74. The summed E-state index contributed by atoms with van der Waals surface area (Å²) >= 11 is 0. The topological polar surface area (TPSA) is 4.93 Å². The van der Waals surface area contributed by atoms with Crippen LogP contribution in [0, 0.1) is 5.92 Å². The maximum absolute atomic E-state index is 4.79. The van der Waals surface area contributed by atoms with E-state index >= 15 is 0 Å². The van der Waals surface area contributed by atoms with E-state index < -0.39 is 0 Å². The molecule has 2 unspecified atom stereocenters. The summed E-state index contributed by atoms with van der Waals surface area (Å²) in [5.41, 5.74) is 23.6. The van der Waals surface area contributed by atoms with Crippen molar-refractivity contribution in [2.24, 2.45) is 5.92 Å². The summed E-state index contributed by atoms with van der Waals surface area (Å²) in [6.45, 7) is 7.12. The fourth-order valence-electron chi connectivity index (χ4n) is 12.5. The van der Waals surface area contributed by atoms with Gasteiger partial charge in [-0.15, -0.1) is 0 Å². The van der Waals surface area contributed by atoms with Gasteiger partial charge in [0.2, 0.25) is 0 Å². The van der Waals surface area contributed by atoms with Crippen LogP contribution in [0.2, 0.25) is 0 Å². The molecule has 6 aliphatic carbocycles. The molecular weight excluding hydrogens is 699 g/mol. The fourth-order valence-corrected chi connectivity index (χ4v) is 12.5. The largest absolute Gasteiger partial charge is 0.307 e. The maximum atomic E-state index is 4.79. The second-order valence-electron chi connectivity index (χ2n) is 17.3. The van der Waals surface area contributed by atoms with Crippen molar-refractivity contribution in [3.63, 3.8) is 0 Å². The molecular formula is C57H39N. The molecule has 0 amide bonds. The third-order valence-corrected chi connectivity index (χ3v) is 14.8. The first kappa shape index (κ1) is 31.4. The van der Waals surface area contributed by atoms with Gasteiger partial charge in [0.25, 0.3) is 0 Å². The van der Waals surface area contributed by atoms with Crippen molar-refractivity contribution in [3.8, 4) is 16.8 Å². The monoisotopic (exact) mass is 737 g/mol. The highest BCUT2D eigenvalue weighted by Crippen LogP contribution is 2.60. The summed E-state index contributed by atoms with van der Waals surface area (Å²) < 4.78 is 2.71. The number of rotatable bonds is 1. The smallest absolute Gasteiger partial charge is 0.0629 e. The first-order valence-electron chi connectivity index (χ1n) is 21.2. The number of hydrogen-bond acceptors (Lipinski definition) is 0. The lowest BCUT2D eigenvalue weighted by molar-refractivity contribution is 0.716. The van der Waals surface area contributed by atoms with Gasteiger partial charge in [-0.3, -0.25) is 0 Å². The normalized spacial score (nSPS) is 19.8. The van der Waals surface area contributed by atoms with Crippen LogP contribution in [0.5, 0.6) is 0 Å². The van der Waals surface area contributed by atoms with E-state index in [2.05, 4.69) is 157 Å². The first-order chi connectivity index (χ1) is 28.7. The summed E-state index contributed by atoms with van der Waals surface area (Å²) in [7, 11) is 0. The third kappa shape index (κ3) is 3.70. The molecule has 1 nitrogen and oxygen atoms in total. The zero-order valence-electron chi connectivity index (χ0n) is 32.5. The Labute approximate surface area is 337 Å². The van der Waals surface area contributed by atoms with Crippen LogP contribution < -0.4 is 0 Å². The number of benzene rings is 7. The molecule has 6 aliphatic rings. The van der Waals surface area contributed by atoms with Crippen molar-refractivity contribution in [1.82, 2.24) is 4.57 Å². The average Bonchev–Trinajstić information content (AvgIpc) is 3.88. The summed E-state index contributed by atoms with van der Waals surface area (Å²) in [6.07, 6.45) is 18.4. The summed E-state index contributed by atoms with van der Waals surface area (Å²) in [6, 6.07) is 42.2. The van der Waals surface area contributed by atoms with Crippen LogP contribution in [-0.4, -0.2) is 4.57 Å². The Morgan fingerprint density at radius 1 is 0.603 bits per heavy atom. The first-order valence-corrected chi connectivity index (χ1v) is 21.2. The SMILES string of the molecule is C=C1C2=C(C(C)=C3C=CC=CC13)c1ccc(-n3c4c5c(c6ccccc6c4c4ccc6ccccc6c43)C3CCC4=C(C=CCC4)c4cccc-5c43)c3cccc2c13. The van der Waals surface area contributed by atoms with Crippen molar-refractivity contribution in [1.29, 1.82) is 0 Å². The molecule has 0 fully saturated rings. The minimum atomic E-state index is 0.216. The van der Waals surface area contributed by atoms with Gasteiger partial charge in [-0.05, 0) is 127 Å². The van der Waals surface area contributed by atoms with Gasteiger partial charge in [-0.25, -0.2) is 0 Å². The number of hydrogen-bond donors (Lipinski definition) is 0. The molecule has 58 heavy (non-hydrogen) atoms. The Hall–Kier alpha value is -6.70. The molecule has 1 aromatic heterocycles. The standard InChI is InChI=1S/C57H39N/c1-31-35-15-7-8-16-36(35)32(2)50-45-29-30-48(42-22-12-23-43(49(31)50)52(42)45)58-56-38-18-6-4-14-34(38)26-28-47(56)54-41-20-10-9-19-40(41)53-46-27-25-33-13-3-5-17-37(33)39-21-11-24-44(51(39)46)55(53)57(54)58/h4-12,14-24,26,28-30,35,46H,1,3,13,25,27H2,2H3. The zero-order valence-corrected chi connectivity index (χ0v) is 32.5. The van der Waals surface area contributed by atoms with Gasteiger partial charge in [-0.2, -0.15) is 0 Å². The number of allylic oxidation sites excluding steroid dienone is 13. The van der Waals surface area contributed by atoms with E-state index in [0.717, 1.165) is 19.3 Å². The molecule has 1 heterocycles. The molecule has 7 aromatic carbocycles. The highest BCUT2D eigenvalue weighted by atomic mass is 15.0. The third-order valence-electron chi connectivity index (χ3n) is 14.8. The Morgan fingerprint density at radius 2 is 1.40 bits per heavy atom. The van der Waals surface area contributed by atoms with Crippen LogP contribution in [0.15, 0.2) is 175 Å². The lowest BCUT2D eigenvalue weighted by Gasteiger charge is -2.30. The molecule has 8 aromatic rings. The number of nitrogens with zero attached hydrogens (tertiary/aromatic N) is 1. The van der Waals surface area contributed by atoms with Gasteiger partial charge in [0.1, 0.15) is 0 Å². The molecule has 1 heteroatoms. The van der Waals surface area contributed by atoms with E-state index in [0.29, 0.717) is 5.92 Å². The van der Waals surface area contributed by atoms with E-state index in [4.69, 9.17) is 6.58 Å². The van der Waals surface area contributed by atoms with Crippen molar-refractivity contribution in [2.45, 2.75) is 38.5 Å². The van der Waals surface area contributed by atoms with Crippen molar-refractivity contribution in [2.75, 3.05) is 0 Å². The minimum Gasteiger partial charge on any atom is -0.307 e. The van der Waals surface area contributed by atoms with Crippen molar-refractivity contribution in [3.05, 3.63) is 202 Å². The van der Waals surface area contributed by atoms with E-state index in [1.165, 1.54) is 139 Å². The predicted octanol–water partition coefficient (Wildman–Crippen LogP) is 15.1. The highest BCUT2D eigenvalue weighted by molar-refractivity contribution is 6.31.